The highest BCUT2D eigenvalue weighted by molar-refractivity contribution is 5.78. The summed E-state index contributed by atoms with van der Waals surface area (Å²) in [5.74, 6) is 0.855. The van der Waals surface area contributed by atoms with Crippen molar-refractivity contribution in [1.82, 2.24) is 10.2 Å². The highest BCUT2D eigenvalue weighted by Gasteiger charge is 2.17. The van der Waals surface area contributed by atoms with Crippen LogP contribution in [0.1, 0.15) is 31.7 Å². The molecule has 1 amide bonds. The van der Waals surface area contributed by atoms with E-state index in [9.17, 15) is 4.79 Å². The van der Waals surface area contributed by atoms with E-state index < -0.39 is 0 Å². The number of benzene rings is 1. The zero-order chi connectivity index (χ0) is 14.2. The molecule has 0 unspecified atom stereocenters. The van der Waals surface area contributed by atoms with Gasteiger partial charge in [-0.3, -0.25) is 4.79 Å². The first-order valence-corrected chi connectivity index (χ1v) is 7.50. The van der Waals surface area contributed by atoms with Crippen molar-refractivity contribution in [3.8, 4) is 5.75 Å². The zero-order valence-electron chi connectivity index (χ0n) is 12.2. The Kier molecular flexibility index (Phi) is 5.87. The third kappa shape index (κ3) is 4.53. The van der Waals surface area contributed by atoms with Crippen molar-refractivity contribution in [2.24, 2.45) is 0 Å². The van der Waals surface area contributed by atoms with Crippen molar-refractivity contribution in [2.75, 3.05) is 26.2 Å². The molecule has 1 aliphatic heterocycles. The number of amides is 1. The number of nitrogens with one attached hydrogen (secondary N) is 1. The van der Waals surface area contributed by atoms with Crippen LogP contribution in [0, 0.1) is 0 Å². The number of carbonyl (C=O) groups is 1. The molecule has 4 nitrogen and oxygen atoms in total. The minimum atomic E-state index is 0.0937. The quantitative estimate of drug-likeness (QED) is 0.776. The predicted molar refractivity (Wildman–Crippen MR) is 79.7 cm³/mol. The van der Waals surface area contributed by atoms with Gasteiger partial charge < -0.3 is 15.0 Å². The van der Waals surface area contributed by atoms with E-state index in [-0.39, 0.29) is 12.5 Å². The van der Waals surface area contributed by atoms with Crippen molar-refractivity contribution in [3.05, 3.63) is 29.8 Å². The van der Waals surface area contributed by atoms with Crippen LogP contribution in [0.3, 0.4) is 0 Å². The molecule has 110 valence electrons. The van der Waals surface area contributed by atoms with Gasteiger partial charge in [-0.05, 0) is 43.5 Å². The molecule has 0 aliphatic carbocycles. The molecular formula is C16H24N2O2. The van der Waals surface area contributed by atoms with E-state index in [2.05, 4.69) is 12.2 Å². The molecule has 4 heteroatoms. The third-order valence-electron chi connectivity index (χ3n) is 3.50. The van der Waals surface area contributed by atoms with Crippen molar-refractivity contribution in [2.45, 2.75) is 32.7 Å². The number of rotatable bonds is 7. The van der Waals surface area contributed by atoms with Gasteiger partial charge in [0, 0.05) is 19.6 Å². The van der Waals surface area contributed by atoms with E-state index in [1.165, 1.54) is 5.56 Å². The normalized spacial score (nSPS) is 14.6. The number of hydrogen-bond acceptors (Lipinski definition) is 3. The van der Waals surface area contributed by atoms with Crippen LogP contribution < -0.4 is 10.1 Å². The molecule has 2 rings (SSSR count). The molecule has 0 spiro atoms. The highest BCUT2D eigenvalue weighted by Crippen LogP contribution is 2.13. The lowest BCUT2D eigenvalue weighted by atomic mass is 10.2. The molecule has 1 aromatic carbocycles. The first-order chi connectivity index (χ1) is 9.79. The Morgan fingerprint density at radius 3 is 2.60 bits per heavy atom. The Labute approximate surface area is 121 Å². The molecule has 1 fully saturated rings. The van der Waals surface area contributed by atoms with Crippen LogP contribution in [0.25, 0.3) is 0 Å². The van der Waals surface area contributed by atoms with Gasteiger partial charge in [0.25, 0.3) is 5.91 Å². The average Bonchev–Trinajstić information content (AvgIpc) is 3.01. The molecule has 1 N–H and O–H groups in total. The molecule has 20 heavy (non-hydrogen) atoms. The maximum absolute atomic E-state index is 11.9. The second kappa shape index (κ2) is 7.90. The van der Waals surface area contributed by atoms with Crippen LogP contribution in [0.15, 0.2) is 24.3 Å². The van der Waals surface area contributed by atoms with Crippen molar-refractivity contribution in [1.29, 1.82) is 0 Å². The maximum atomic E-state index is 11.9. The van der Waals surface area contributed by atoms with E-state index in [1.54, 1.807) is 0 Å². The molecule has 1 heterocycles. The van der Waals surface area contributed by atoms with E-state index in [1.807, 2.05) is 29.2 Å². The maximum Gasteiger partial charge on any atom is 0.260 e. The Morgan fingerprint density at radius 2 is 1.95 bits per heavy atom. The molecule has 1 saturated heterocycles. The molecule has 0 bridgehead atoms. The van der Waals surface area contributed by atoms with Gasteiger partial charge in [0.1, 0.15) is 5.75 Å². The minimum Gasteiger partial charge on any atom is -0.484 e. The lowest BCUT2D eigenvalue weighted by Gasteiger charge is -2.15. The Bertz CT molecular complexity index is 411. The lowest BCUT2D eigenvalue weighted by Crippen LogP contribution is -2.32. The smallest absolute Gasteiger partial charge is 0.260 e. The van der Waals surface area contributed by atoms with Crippen molar-refractivity contribution >= 4 is 5.91 Å². The largest absolute Gasteiger partial charge is 0.484 e. The van der Waals surface area contributed by atoms with E-state index in [4.69, 9.17) is 4.74 Å². The number of nitrogens with zero attached hydrogens (tertiary/aromatic N) is 1. The van der Waals surface area contributed by atoms with Crippen molar-refractivity contribution < 1.29 is 9.53 Å². The topological polar surface area (TPSA) is 41.6 Å². The monoisotopic (exact) mass is 276 g/mol. The molecule has 1 aromatic rings. The third-order valence-corrected chi connectivity index (χ3v) is 3.50. The van der Waals surface area contributed by atoms with Crippen LogP contribution in [0.5, 0.6) is 5.75 Å². The van der Waals surface area contributed by atoms with E-state index >= 15 is 0 Å². The van der Waals surface area contributed by atoms with Crippen LogP contribution >= 0.6 is 0 Å². The van der Waals surface area contributed by atoms with Crippen LogP contribution in [-0.4, -0.2) is 37.0 Å². The number of likely N-dealkylation sites (tertiary alicyclic amines) is 1. The van der Waals surface area contributed by atoms with Gasteiger partial charge in [0.15, 0.2) is 6.61 Å². The number of ether oxygens (including phenoxy) is 1. The summed E-state index contributed by atoms with van der Waals surface area (Å²) in [5.41, 5.74) is 1.23. The fourth-order valence-electron chi connectivity index (χ4n) is 2.32. The summed E-state index contributed by atoms with van der Waals surface area (Å²) < 4.78 is 5.55. The molecule has 1 aliphatic rings. The molecule has 0 atom stereocenters. The second-order valence-corrected chi connectivity index (χ2v) is 5.20. The Hall–Kier alpha value is -1.55. The standard InChI is InChI=1S/C16H24N2O2/c1-2-9-17-12-14-5-7-15(8-6-14)20-13-16(19)18-10-3-4-11-18/h5-8,17H,2-4,9-13H2,1H3. The van der Waals surface area contributed by atoms with Gasteiger partial charge in [0.2, 0.25) is 0 Å². The fraction of sp³-hybridized carbons (Fsp3) is 0.562. The second-order valence-electron chi connectivity index (χ2n) is 5.20. The summed E-state index contributed by atoms with van der Waals surface area (Å²) in [6.07, 6.45) is 3.37. The summed E-state index contributed by atoms with van der Waals surface area (Å²) >= 11 is 0. The van der Waals surface area contributed by atoms with Crippen LogP contribution in [-0.2, 0) is 11.3 Å². The fourth-order valence-corrected chi connectivity index (χ4v) is 2.32. The summed E-state index contributed by atoms with van der Waals surface area (Å²) in [6, 6.07) is 7.94. The summed E-state index contributed by atoms with van der Waals surface area (Å²) in [5, 5.41) is 3.36. The average molecular weight is 276 g/mol. The van der Waals surface area contributed by atoms with Gasteiger partial charge in [0.05, 0.1) is 0 Å². The van der Waals surface area contributed by atoms with Crippen LogP contribution in [0.4, 0.5) is 0 Å². The van der Waals surface area contributed by atoms with Crippen molar-refractivity contribution in [3.63, 3.8) is 0 Å². The first-order valence-electron chi connectivity index (χ1n) is 7.50. The van der Waals surface area contributed by atoms with Gasteiger partial charge in [-0.15, -0.1) is 0 Å². The van der Waals surface area contributed by atoms with E-state index in [0.29, 0.717) is 0 Å². The van der Waals surface area contributed by atoms with E-state index in [0.717, 1.165) is 51.2 Å². The van der Waals surface area contributed by atoms with Gasteiger partial charge >= 0.3 is 0 Å². The molecule has 0 saturated carbocycles. The SMILES string of the molecule is CCCNCc1ccc(OCC(=O)N2CCCC2)cc1. The minimum absolute atomic E-state index is 0.0937. The Morgan fingerprint density at radius 1 is 1.25 bits per heavy atom. The summed E-state index contributed by atoms with van der Waals surface area (Å²) in [7, 11) is 0. The number of hydrogen-bond donors (Lipinski definition) is 1. The highest BCUT2D eigenvalue weighted by atomic mass is 16.5. The Balaban J connectivity index is 1.74. The summed E-state index contributed by atoms with van der Waals surface area (Å²) in [6.45, 7) is 5.96. The van der Waals surface area contributed by atoms with Gasteiger partial charge in [-0.25, -0.2) is 0 Å². The lowest BCUT2D eigenvalue weighted by molar-refractivity contribution is -0.132. The van der Waals surface area contributed by atoms with Gasteiger partial charge in [-0.2, -0.15) is 0 Å². The zero-order valence-corrected chi connectivity index (χ0v) is 12.2. The van der Waals surface area contributed by atoms with Gasteiger partial charge in [-0.1, -0.05) is 19.1 Å². The number of carbonyl (C=O) groups excluding carboxylic acids is 1. The molecule has 0 radical (unpaired) electrons. The predicted octanol–water partition coefficient (Wildman–Crippen LogP) is 2.19. The molecular weight excluding hydrogens is 252 g/mol. The first kappa shape index (κ1) is 14.9. The molecule has 0 aromatic heterocycles. The van der Waals surface area contributed by atoms with Crippen LogP contribution in [0.2, 0.25) is 0 Å². The summed E-state index contributed by atoms with van der Waals surface area (Å²) in [4.78, 5) is 13.7.